The first-order valence-corrected chi connectivity index (χ1v) is 10.5. The van der Waals surface area contributed by atoms with Crippen LogP contribution in [0.1, 0.15) is 30.3 Å². The predicted octanol–water partition coefficient (Wildman–Crippen LogP) is 5.12. The van der Waals surface area contributed by atoms with Gasteiger partial charge in [0.15, 0.2) is 0 Å². The standard InChI is InChI=1S/C21H22ClFN2O2S/c1-13-16(23)8-5-9-17(13)25-18(26)11-28-19(25)14-6-4-7-15(10-14)24-20(27)21(2,3)12-22/h4-10,19H,11-12H2,1-3H3,(H,24,27)/t19-/m1/s1. The Morgan fingerprint density at radius 3 is 2.75 bits per heavy atom. The normalized spacial score (nSPS) is 17.1. The minimum Gasteiger partial charge on any atom is -0.326 e. The Kier molecular flexibility index (Phi) is 6.01. The molecular formula is C21H22ClFN2O2S. The van der Waals surface area contributed by atoms with Crippen molar-refractivity contribution in [2.75, 3.05) is 21.8 Å². The summed E-state index contributed by atoms with van der Waals surface area (Å²) in [5.74, 6) is -0.0615. The number of hydrogen-bond acceptors (Lipinski definition) is 3. The molecule has 2 aromatic rings. The lowest BCUT2D eigenvalue weighted by Crippen LogP contribution is -2.32. The molecule has 1 heterocycles. The Balaban J connectivity index is 1.91. The highest BCUT2D eigenvalue weighted by Gasteiger charge is 2.35. The molecule has 0 spiro atoms. The number of amides is 2. The van der Waals surface area contributed by atoms with Crippen molar-refractivity contribution in [3.8, 4) is 0 Å². The zero-order valence-electron chi connectivity index (χ0n) is 16.0. The summed E-state index contributed by atoms with van der Waals surface area (Å²) >= 11 is 7.36. The van der Waals surface area contributed by atoms with Gasteiger partial charge in [0, 0.05) is 17.1 Å². The van der Waals surface area contributed by atoms with Crippen molar-refractivity contribution < 1.29 is 14.0 Å². The average Bonchev–Trinajstić information content (AvgIpc) is 3.05. The lowest BCUT2D eigenvalue weighted by atomic mass is 9.95. The zero-order valence-corrected chi connectivity index (χ0v) is 17.5. The van der Waals surface area contributed by atoms with Gasteiger partial charge in [-0.2, -0.15) is 0 Å². The third-order valence-corrected chi connectivity index (χ3v) is 6.63. The van der Waals surface area contributed by atoms with Crippen molar-refractivity contribution in [3.63, 3.8) is 0 Å². The van der Waals surface area contributed by atoms with Crippen molar-refractivity contribution >= 4 is 46.6 Å². The number of hydrogen-bond donors (Lipinski definition) is 1. The van der Waals surface area contributed by atoms with E-state index in [0.717, 1.165) is 5.56 Å². The fourth-order valence-electron chi connectivity index (χ4n) is 2.92. The van der Waals surface area contributed by atoms with Gasteiger partial charge in [0.1, 0.15) is 11.2 Å². The molecule has 0 bridgehead atoms. The van der Waals surface area contributed by atoms with Gasteiger partial charge in [0.2, 0.25) is 11.8 Å². The van der Waals surface area contributed by atoms with Gasteiger partial charge in [-0.15, -0.1) is 23.4 Å². The van der Waals surface area contributed by atoms with Crippen LogP contribution >= 0.6 is 23.4 Å². The van der Waals surface area contributed by atoms with Crippen LogP contribution in [0, 0.1) is 18.2 Å². The molecule has 1 fully saturated rings. The van der Waals surface area contributed by atoms with Gasteiger partial charge < -0.3 is 5.32 Å². The highest BCUT2D eigenvalue weighted by molar-refractivity contribution is 8.00. The molecule has 2 aromatic carbocycles. The maximum absolute atomic E-state index is 14.0. The Morgan fingerprint density at radius 1 is 1.32 bits per heavy atom. The summed E-state index contributed by atoms with van der Waals surface area (Å²) in [5, 5.41) is 2.60. The zero-order chi connectivity index (χ0) is 20.5. The molecule has 1 saturated heterocycles. The number of thioether (sulfide) groups is 1. The van der Waals surface area contributed by atoms with E-state index < -0.39 is 5.41 Å². The lowest BCUT2D eigenvalue weighted by molar-refractivity contribution is -0.123. The van der Waals surface area contributed by atoms with E-state index in [-0.39, 0.29) is 28.9 Å². The van der Waals surface area contributed by atoms with Gasteiger partial charge in [-0.25, -0.2) is 4.39 Å². The summed E-state index contributed by atoms with van der Waals surface area (Å²) in [6, 6.07) is 12.1. The average molecular weight is 421 g/mol. The van der Waals surface area contributed by atoms with E-state index in [0.29, 0.717) is 22.7 Å². The third-order valence-electron chi connectivity index (χ3n) is 4.74. The number of anilines is 2. The first-order valence-electron chi connectivity index (χ1n) is 8.91. The van der Waals surface area contributed by atoms with Gasteiger partial charge >= 0.3 is 0 Å². The topological polar surface area (TPSA) is 49.4 Å². The Labute approximate surface area is 173 Å². The summed E-state index contributed by atoms with van der Waals surface area (Å²) in [7, 11) is 0. The Bertz CT molecular complexity index is 919. The molecular weight excluding hydrogens is 399 g/mol. The van der Waals surface area contributed by atoms with Crippen LogP contribution in [0.5, 0.6) is 0 Å². The largest absolute Gasteiger partial charge is 0.326 e. The Hall–Kier alpha value is -2.05. The number of alkyl halides is 1. The fraction of sp³-hybridized carbons (Fsp3) is 0.333. The van der Waals surface area contributed by atoms with Gasteiger partial charge in [0.05, 0.1) is 16.9 Å². The van der Waals surface area contributed by atoms with Crippen LogP contribution < -0.4 is 10.2 Å². The quantitative estimate of drug-likeness (QED) is 0.683. The monoisotopic (exact) mass is 420 g/mol. The minimum absolute atomic E-state index is 0.0681. The molecule has 1 atom stereocenters. The summed E-state index contributed by atoms with van der Waals surface area (Å²) in [5.41, 5.74) is 1.81. The molecule has 28 heavy (non-hydrogen) atoms. The second-order valence-electron chi connectivity index (χ2n) is 7.41. The van der Waals surface area contributed by atoms with E-state index in [1.807, 2.05) is 18.2 Å². The van der Waals surface area contributed by atoms with Gasteiger partial charge in [0.25, 0.3) is 0 Å². The van der Waals surface area contributed by atoms with Gasteiger partial charge in [-0.3, -0.25) is 14.5 Å². The van der Waals surface area contributed by atoms with E-state index >= 15 is 0 Å². The summed E-state index contributed by atoms with van der Waals surface area (Å²) in [6.07, 6.45) is 0. The second kappa shape index (κ2) is 8.13. The molecule has 1 aliphatic heterocycles. The van der Waals surface area contributed by atoms with Crippen molar-refractivity contribution in [2.45, 2.75) is 26.1 Å². The SMILES string of the molecule is Cc1c(F)cccc1N1C(=O)CS[C@@H]1c1cccc(NC(=O)C(C)(C)CCl)c1. The maximum Gasteiger partial charge on any atom is 0.238 e. The van der Waals surface area contributed by atoms with Crippen LogP contribution in [-0.2, 0) is 9.59 Å². The number of halogens is 2. The molecule has 0 radical (unpaired) electrons. The number of rotatable bonds is 5. The van der Waals surface area contributed by atoms with E-state index in [4.69, 9.17) is 11.6 Å². The maximum atomic E-state index is 14.0. The van der Waals surface area contributed by atoms with Crippen LogP contribution in [-0.4, -0.2) is 23.4 Å². The molecule has 3 rings (SSSR count). The highest BCUT2D eigenvalue weighted by atomic mass is 35.5. The molecule has 0 aromatic heterocycles. The third kappa shape index (κ3) is 4.03. The van der Waals surface area contributed by atoms with E-state index in [1.165, 1.54) is 17.8 Å². The van der Waals surface area contributed by atoms with Crippen LogP contribution in [0.15, 0.2) is 42.5 Å². The lowest BCUT2D eigenvalue weighted by Gasteiger charge is -2.26. The van der Waals surface area contributed by atoms with Gasteiger partial charge in [-0.1, -0.05) is 18.2 Å². The summed E-state index contributed by atoms with van der Waals surface area (Å²) in [4.78, 5) is 26.6. The predicted molar refractivity (Wildman–Crippen MR) is 113 cm³/mol. The molecule has 4 nitrogen and oxygen atoms in total. The smallest absolute Gasteiger partial charge is 0.238 e. The molecule has 7 heteroatoms. The molecule has 1 N–H and O–H groups in total. The van der Waals surface area contributed by atoms with E-state index in [9.17, 15) is 14.0 Å². The van der Waals surface area contributed by atoms with Crippen molar-refractivity contribution in [2.24, 2.45) is 5.41 Å². The van der Waals surface area contributed by atoms with Crippen molar-refractivity contribution in [3.05, 3.63) is 59.4 Å². The first kappa shape index (κ1) is 20.7. The number of carbonyl (C=O) groups is 2. The number of benzene rings is 2. The molecule has 0 saturated carbocycles. The number of nitrogens with one attached hydrogen (secondary N) is 1. The fourth-order valence-corrected chi connectivity index (χ4v) is 4.20. The van der Waals surface area contributed by atoms with Crippen molar-refractivity contribution in [1.82, 2.24) is 0 Å². The van der Waals surface area contributed by atoms with Crippen LogP contribution in [0.3, 0.4) is 0 Å². The number of nitrogens with zero attached hydrogens (tertiary/aromatic N) is 1. The van der Waals surface area contributed by atoms with Crippen molar-refractivity contribution in [1.29, 1.82) is 0 Å². The van der Waals surface area contributed by atoms with E-state index in [2.05, 4.69) is 5.32 Å². The molecule has 148 valence electrons. The van der Waals surface area contributed by atoms with E-state index in [1.54, 1.807) is 43.9 Å². The van der Waals surface area contributed by atoms with Crippen LogP contribution in [0.2, 0.25) is 0 Å². The van der Waals surface area contributed by atoms with Gasteiger partial charge in [-0.05, 0) is 50.6 Å². The van der Waals surface area contributed by atoms with Crippen LogP contribution in [0.25, 0.3) is 0 Å². The summed E-state index contributed by atoms with van der Waals surface area (Å²) in [6.45, 7) is 5.22. The highest BCUT2D eigenvalue weighted by Crippen LogP contribution is 2.43. The Morgan fingerprint density at radius 2 is 2.04 bits per heavy atom. The molecule has 0 unspecified atom stereocenters. The first-order chi connectivity index (χ1) is 13.2. The minimum atomic E-state index is -0.694. The van der Waals surface area contributed by atoms with Crippen LogP contribution in [0.4, 0.5) is 15.8 Å². The summed E-state index contributed by atoms with van der Waals surface area (Å²) < 4.78 is 14.0. The second-order valence-corrected chi connectivity index (χ2v) is 8.74. The molecule has 1 aliphatic rings. The number of carbonyl (C=O) groups excluding carboxylic acids is 2. The molecule has 2 amide bonds. The molecule has 0 aliphatic carbocycles.